The lowest BCUT2D eigenvalue weighted by Gasteiger charge is -2.18. The SMILES string of the molecule is CC(C)(C)c1ccc(/C=C2\SC(=S)N(CCCC(=O)Nc3ccc([N+](=O)[O-])cc3)C2=O)cc1. The highest BCUT2D eigenvalue weighted by molar-refractivity contribution is 8.26. The molecule has 2 aromatic rings. The summed E-state index contributed by atoms with van der Waals surface area (Å²) in [7, 11) is 0. The van der Waals surface area contributed by atoms with Gasteiger partial charge in [-0.3, -0.25) is 24.6 Å². The second-order valence-corrected chi connectivity index (χ2v) is 10.3. The molecule has 3 rings (SSSR count). The number of carbonyl (C=O) groups is 2. The second-order valence-electron chi connectivity index (χ2n) is 8.66. The van der Waals surface area contributed by atoms with Gasteiger partial charge in [0.2, 0.25) is 5.91 Å². The van der Waals surface area contributed by atoms with Crippen molar-refractivity contribution in [3.05, 3.63) is 74.7 Å². The molecule has 172 valence electrons. The summed E-state index contributed by atoms with van der Waals surface area (Å²) in [6.45, 7) is 6.80. The molecule has 0 spiro atoms. The van der Waals surface area contributed by atoms with Crippen molar-refractivity contribution in [2.75, 3.05) is 11.9 Å². The number of hydrogen-bond donors (Lipinski definition) is 1. The van der Waals surface area contributed by atoms with E-state index in [1.54, 1.807) is 0 Å². The molecule has 7 nitrogen and oxygen atoms in total. The molecule has 0 unspecified atom stereocenters. The first-order valence-corrected chi connectivity index (χ1v) is 11.7. The number of benzene rings is 2. The molecule has 0 aromatic heterocycles. The minimum atomic E-state index is -0.497. The molecule has 9 heteroatoms. The van der Waals surface area contributed by atoms with Crippen LogP contribution in [0.3, 0.4) is 0 Å². The standard InChI is InChI=1S/C24H25N3O4S2/c1-24(2,3)17-8-6-16(7-9-17)15-20-22(29)26(23(32)33-20)14-4-5-21(28)25-18-10-12-19(13-11-18)27(30)31/h6-13,15H,4-5,14H2,1-3H3,(H,25,28)/b20-15-. The number of anilines is 1. The lowest BCUT2D eigenvalue weighted by Crippen LogP contribution is -2.29. The molecule has 1 aliphatic rings. The maximum atomic E-state index is 12.8. The van der Waals surface area contributed by atoms with Crippen molar-refractivity contribution in [2.45, 2.75) is 39.0 Å². The van der Waals surface area contributed by atoms with Crippen LogP contribution in [0.4, 0.5) is 11.4 Å². The maximum Gasteiger partial charge on any atom is 0.269 e. The number of thiocarbonyl (C=S) groups is 1. The van der Waals surface area contributed by atoms with Crippen molar-refractivity contribution in [1.82, 2.24) is 4.90 Å². The van der Waals surface area contributed by atoms with E-state index in [9.17, 15) is 19.7 Å². The van der Waals surface area contributed by atoms with Gasteiger partial charge in [-0.2, -0.15) is 0 Å². The van der Waals surface area contributed by atoms with E-state index >= 15 is 0 Å². The summed E-state index contributed by atoms with van der Waals surface area (Å²) in [5.74, 6) is -0.385. The molecule has 0 atom stereocenters. The number of hydrogen-bond acceptors (Lipinski definition) is 6. The molecule has 1 fully saturated rings. The van der Waals surface area contributed by atoms with Gasteiger partial charge in [-0.15, -0.1) is 0 Å². The van der Waals surface area contributed by atoms with Crippen LogP contribution >= 0.6 is 24.0 Å². The number of rotatable bonds is 7. The van der Waals surface area contributed by atoms with Crippen LogP contribution in [0.1, 0.15) is 44.7 Å². The number of thioether (sulfide) groups is 1. The third-order valence-corrected chi connectivity index (χ3v) is 6.47. The van der Waals surface area contributed by atoms with Crippen LogP contribution in [0.25, 0.3) is 6.08 Å². The summed E-state index contributed by atoms with van der Waals surface area (Å²) in [6, 6.07) is 13.8. The smallest absolute Gasteiger partial charge is 0.269 e. The molecule has 0 radical (unpaired) electrons. The summed E-state index contributed by atoms with van der Waals surface area (Å²) in [6.07, 6.45) is 2.48. The fourth-order valence-electron chi connectivity index (χ4n) is 3.21. The number of carbonyl (C=O) groups excluding carboxylic acids is 2. The largest absolute Gasteiger partial charge is 0.326 e. The van der Waals surface area contributed by atoms with Gasteiger partial charge in [0.25, 0.3) is 11.6 Å². The van der Waals surface area contributed by atoms with Crippen LogP contribution in [0, 0.1) is 10.1 Å². The molecule has 1 heterocycles. The Morgan fingerprint density at radius 2 is 1.79 bits per heavy atom. The van der Waals surface area contributed by atoms with Crippen molar-refractivity contribution < 1.29 is 14.5 Å². The highest BCUT2D eigenvalue weighted by atomic mass is 32.2. The molecule has 33 heavy (non-hydrogen) atoms. The van der Waals surface area contributed by atoms with Crippen molar-refractivity contribution in [1.29, 1.82) is 0 Å². The zero-order valence-corrected chi connectivity index (χ0v) is 20.3. The average molecular weight is 484 g/mol. The summed E-state index contributed by atoms with van der Waals surface area (Å²) in [5, 5.41) is 13.4. The fourth-order valence-corrected chi connectivity index (χ4v) is 4.52. The Morgan fingerprint density at radius 3 is 2.36 bits per heavy atom. The maximum absolute atomic E-state index is 12.8. The molecule has 0 saturated carbocycles. The Balaban J connectivity index is 1.53. The number of non-ortho nitro benzene ring substituents is 1. The highest BCUT2D eigenvalue weighted by Crippen LogP contribution is 2.33. The molecule has 0 aliphatic carbocycles. The molecular formula is C24H25N3O4S2. The van der Waals surface area contributed by atoms with Gasteiger partial charge in [0, 0.05) is 30.8 Å². The van der Waals surface area contributed by atoms with Crippen LogP contribution < -0.4 is 5.32 Å². The Kier molecular flexibility index (Phi) is 7.65. The quantitative estimate of drug-likeness (QED) is 0.242. The summed E-state index contributed by atoms with van der Waals surface area (Å²) in [5.41, 5.74) is 2.66. The number of amides is 2. The topological polar surface area (TPSA) is 92.6 Å². The van der Waals surface area contributed by atoms with Gasteiger partial charge in [0.05, 0.1) is 9.83 Å². The van der Waals surface area contributed by atoms with Crippen molar-refractivity contribution in [3.8, 4) is 0 Å². The molecule has 1 N–H and O–H groups in total. The summed E-state index contributed by atoms with van der Waals surface area (Å²) >= 11 is 6.63. The van der Waals surface area contributed by atoms with Gasteiger partial charge in [0.1, 0.15) is 4.32 Å². The number of nitrogens with zero attached hydrogens (tertiary/aromatic N) is 2. The normalized spacial score (nSPS) is 15.2. The fraction of sp³-hybridized carbons (Fsp3) is 0.292. The van der Waals surface area contributed by atoms with Crippen molar-refractivity contribution in [3.63, 3.8) is 0 Å². The second kappa shape index (κ2) is 10.3. The van der Waals surface area contributed by atoms with E-state index in [0.717, 1.165) is 5.56 Å². The van der Waals surface area contributed by atoms with E-state index in [4.69, 9.17) is 12.2 Å². The van der Waals surface area contributed by atoms with Crippen LogP contribution in [0.2, 0.25) is 0 Å². The van der Waals surface area contributed by atoms with Gasteiger partial charge in [0.15, 0.2) is 0 Å². The third-order valence-electron chi connectivity index (χ3n) is 5.10. The highest BCUT2D eigenvalue weighted by Gasteiger charge is 2.31. The van der Waals surface area contributed by atoms with E-state index in [-0.39, 0.29) is 29.3 Å². The third kappa shape index (κ3) is 6.49. The van der Waals surface area contributed by atoms with Crippen LogP contribution in [0.5, 0.6) is 0 Å². The molecule has 1 aliphatic heterocycles. The molecule has 2 amide bonds. The average Bonchev–Trinajstić information content (AvgIpc) is 3.01. The monoisotopic (exact) mass is 483 g/mol. The van der Waals surface area contributed by atoms with Crippen LogP contribution in [0.15, 0.2) is 53.4 Å². The summed E-state index contributed by atoms with van der Waals surface area (Å²) < 4.78 is 0.480. The van der Waals surface area contributed by atoms with E-state index in [1.807, 2.05) is 18.2 Å². The first-order chi connectivity index (χ1) is 15.5. The van der Waals surface area contributed by atoms with E-state index in [1.165, 1.54) is 46.5 Å². The molecule has 0 bridgehead atoms. The van der Waals surface area contributed by atoms with E-state index in [2.05, 4.69) is 38.2 Å². The van der Waals surface area contributed by atoms with Gasteiger partial charge in [-0.25, -0.2) is 0 Å². The van der Waals surface area contributed by atoms with Gasteiger partial charge < -0.3 is 5.32 Å². The minimum absolute atomic E-state index is 0.0411. The van der Waals surface area contributed by atoms with Gasteiger partial charge >= 0.3 is 0 Å². The predicted octanol–water partition coefficient (Wildman–Crippen LogP) is 5.51. The summed E-state index contributed by atoms with van der Waals surface area (Å²) in [4.78, 5) is 37.3. The first kappa shape index (κ1) is 24.6. The molecule has 2 aromatic carbocycles. The van der Waals surface area contributed by atoms with Crippen molar-refractivity contribution >= 4 is 57.6 Å². The molecule has 1 saturated heterocycles. The Morgan fingerprint density at radius 1 is 1.15 bits per heavy atom. The van der Waals surface area contributed by atoms with E-state index in [0.29, 0.717) is 27.9 Å². The number of nitro groups is 1. The Hall–Kier alpha value is -3.04. The van der Waals surface area contributed by atoms with Crippen molar-refractivity contribution in [2.24, 2.45) is 0 Å². The lowest BCUT2D eigenvalue weighted by molar-refractivity contribution is -0.384. The van der Waals surface area contributed by atoms with E-state index < -0.39 is 4.92 Å². The number of nitro benzene ring substituents is 1. The van der Waals surface area contributed by atoms with Gasteiger partial charge in [-0.1, -0.05) is 69.0 Å². The zero-order valence-electron chi connectivity index (χ0n) is 18.7. The zero-order chi connectivity index (χ0) is 24.2. The van der Waals surface area contributed by atoms with Gasteiger partial charge in [-0.05, 0) is 41.2 Å². The van der Waals surface area contributed by atoms with Crippen LogP contribution in [-0.4, -0.2) is 32.5 Å². The lowest BCUT2D eigenvalue weighted by atomic mass is 9.87. The first-order valence-electron chi connectivity index (χ1n) is 10.4. The number of nitrogens with one attached hydrogen (secondary N) is 1. The predicted molar refractivity (Wildman–Crippen MR) is 136 cm³/mol. The Labute approximate surface area is 202 Å². The molecular weight excluding hydrogens is 458 g/mol. The Bertz CT molecular complexity index is 1100. The van der Waals surface area contributed by atoms with Crippen LogP contribution in [-0.2, 0) is 15.0 Å². The minimum Gasteiger partial charge on any atom is -0.326 e.